The first-order valence-corrected chi connectivity index (χ1v) is 6.86. The standard InChI is InChI=1S/C14H16N6O.ClH/c1-19(10-4-7-20(8-10)12(21)2-5-15)14-11-3-6-16-13(11)17-9-18-14;/h3,6,9-10H,2,4,7-8H2,1H3,(H,16,17,18);1H. The summed E-state index contributed by atoms with van der Waals surface area (Å²) in [4.78, 5) is 27.2. The third-order valence-corrected chi connectivity index (χ3v) is 3.96. The molecule has 1 aliphatic rings. The fourth-order valence-electron chi connectivity index (χ4n) is 2.78. The topological polar surface area (TPSA) is 88.9 Å². The second-order valence-electron chi connectivity index (χ2n) is 5.17. The van der Waals surface area contributed by atoms with Crippen LogP contribution in [0.2, 0.25) is 0 Å². The number of anilines is 1. The maximum absolute atomic E-state index is 11.8. The zero-order chi connectivity index (χ0) is 14.8. The second kappa shape index (κ2) is 6.62. The van der Waals surface area contributed by atoms with Gasteiger partial charge >= 0.3 is 0 Å². The Kier molecular flexibility index (Phi) is 4.83. The molecule has 2 aromatic heterocycles. The predicted molar refractivity (Wildman–Crippen MR) is 84.8 cm³/mol. The van der Waals surface area contributed by atoms with Crippen molar-refractivity contribution < 1.29 is 4.79 Å². The quantitative estimate of drug-likeness (QED) is 0.921. The summed E-state index contributed by atoms with van der Waals surface area (Å²) in [6, 6.07) is 4.07. The zero-order valence-electron chi connectivity index (χ0n) is 12.2. The molecule has 1 atom stereocenters. The first-order valence-electron chi connectivity index (χ1n) is 6.86. The molecular formula is C14H17ClN6O. The second-order valence-corrected chi connectivity index (χ2v) is 5.17. The number of carbonyl (C=O) groups excluding carboxylic acids is 1. The Bertz CT molecular complexity index is 709. The number of aromatic nitrogens is 3. The van der Waals surface area contributed by atoms with Crippen molar-refractivity contribution in [3.8, 4) is 6.07 Å². The molecule has 1 aliphatic heterocycles. The summed E-state index contributed by atoms with van der Waals surface area (Å²) in [6.07, 6.45) is 4.21. The van der Waals surface area contributed by atoms with Crippen molar-refractivity contribution in [2.45, 2.75) is 18.9 Å². The van der Waals surface area contributed by atoms with E-state index in [1.807, 2.05) is 25.4 Å². The van der Waals surface area contributed by atoms with Gasteiger partial charge in [0, 0.05) is 32.4 Å². The molecule has 3 heterocycles. The van der Waals surface area contributed by atoms with Gasteiger partial charge in [0.2, 0.25) is 5.91 Å². The lowest BCUT2D eigenvalue weighted by Crippen LogP contribution is -2.37. The van der Waals surface area contributed by atoms with Gasteiger partial charge in [0.15, 0.2) is 0 Å². The molecule has 0 aromatic carbocycles. The van der Waals surface area contributed by atoms with E-state index in [2.05, 4.69) is 19.9 Å². The molecule has 1 unspecified atom stereocenters. The molecule has 1 amide bonds. The number of nitrogens with zero attached hydrogens (tertiary/aromatic N) is 5. The minimum Gasteiger partial charge on any atom is -0.354 e. The lowest BCUT2D eigenvalue weighted by molar-refractivity contribution is -0.129. The number of H-pyrrole nitrogens is 1. The Morgan fingerprint density at radius 1 is 1.59 bits per heavy atom. The van der Waals surface area contributed by atoms with Crippen molar-refractivity contribution in [1.29, 1.82) is 5.26 Å². The molecule has 1 fully saturated rings. The molecule has 1 N–H and O–H groups in total. The number of nitrogens with one attached hydrogen (secondary N) is 1. The van der Waals surface area contributed by atoms with Crippen LogP contribution in [0, 0.1) is 11.3 Å². The van der Waals surface area contributed by atoms with Crippen LogP contribution < -0.4 is 4.90 Å². The van der Waals surface area contributed by atoms with Crippen molar-refractivity contribution in [2.75, 3.05) is 25.0 Å². The SMILES string of the molecule is CN(c1ncnc2[nH]ccc12)C1CCN(C(=O)CC#N)C1.Cl. The minimum absolute atomic E-state index is 0. The van der Waals surface area contributed by atoms with Crippen LogP contribution in [0.25, 0.3) is 11.0 Å². The average molecular weight is 321 g/mol. The van der Waals surface area contributed by atoms with Crippen molar-refractivity contribution in [1.82, 2.24) is 19.9 Å². The number of rotatable bonds is 3. The molecule has 116 valence electrons. The molecule has 0 radical (unpaired) electrons. The van der Waals surface area contributed by atoms with E-state index >= 15 is 0 Å². The Balaban J connectivity index is 0.00000176. The van der Waals surface area contributed by atoms with Gasteiger partial charge in [-0.3, -0.25) is 4.79 Å². The normalized spacial score (nSPS) is 17.1. The van der Waals surface area contributed by atoms with Gasteiger partial charge in [-0.25, -0.2) is 9.97 Å². The molecule has 0 spiro atoms. The number of likely N-dealkylation sites (N-methyl/N-ethyl adjacent to an activating group) is 1. The third kappa shape index (κ3) is 2.83. The maximum Gasteiger partial charge on any atom is 0.236 e. The largest absolute Gasteiger partial charge is 0.354 e. The first-order chi connectivity index (χ1) is 10.2. The zero-order valence-corrected chi connectivity index (χ0v) is 13.0. The predicted octanol–water partition coefficient (Wildman–Crippen LogP) is 1.33. The van der Waals surface area contributed by atoms with E-state index in [-0.39, 0.29) is 30.8 Å². The summed E-state index contributed by atoms with van der Waals surface area (Å²) in [5.74, 6) is 0.767. The highest BCUT2D eigenvalue weighted by atomic mass is 35.5. The Labute approximate surface area is 134 Å². The molecule has 22 heavy (non-hydrogen) atoms. The van der Waals surface area contributed by atoms with E-state index in [0.717, 1.165) is 23.3 Å². The summed E-state index contributed by atoms with van der Waals surface area (Å²) >= 11 is 0. The smallest absolute Gasteiger partial charge is 0.236 e. The molecule has 0 bridgehead atoms. The van der Waals surface area contributed by atoms with Crippen LogP contribution in [-0.2, 0) is 4.79 Å². The van der Waals surface area contributed by atoms with Crippen LogP contribution in [0.4, 0.5) is 5.82 Å². The molecule has 8 heteroatoms. The number of fused-ring (bicyclic) bond motifs is 1. The number of nitriles is 1. The van der Waals surface area contributed by atoms with Gasteiger partial charge in [-0.05, 0) is 12.5 Å². The van der Waals surface area contributed by atoms with Crippen LogP contribution >= 0.6 is 12.4 Å². The van der Waals surface area contributed by atoms with Gasteiger partial charge in [0.05, 0.1) is 11.5 Å². The third-order valence-electron chi connectivity index (χ3n) is 3.96. The summed E-state index contributed by atoms with van der Waals surface area (Å²) in [6.45, 7) is 1.32. The molecule has 0 aliphatic carbocycles. The van der Waals surface area contributed by atoms with Crippen LogP contribution in [0.1, 0.15) is 12.8 Å². The van der Waals surface area contributed by atoms with Gasteiger partial charge in [0.1, 0.15) is 24.2 Å². The molecule has 3 rings (SSSR count). The maximum atomic E-state index is 11.8. The van der Waals surface area contributed by atoms with E-state index in [1.165, 1.54) is 6.33 Å². The Morgan fingerprint density at radius 2 is 2.41 bits per heavy atom. The number of hydrogen-bond acceptors (Lipinski definition) is 5. The van der Waals surface area contributed by atoms with Gasteiger partial charge in [0.25, 0.3) is 0 Å². The fraction of sp³-hybridized carbons (Fsp3) is 0.429. The van der Waals surface area contributed by atoms with Crippen LogP contribution in [0.15, 0.2) is 18.6 Å². The summed E-state index contributed by atoms with van der Waals surface area (Å²) in [5, 5.41) is 9.59. The number of likely N-dealkylation sites (tertiary alicyclic amines) is 1. The molecule has 0 saturated carbocycles. The summed E-state index contributed by atoms with van der Waals surface area (Å²) in [7, 11) is 1.98. The van der Waals surface area contributed by atoms with Gasteiger partial charge in [-0.1, -0.05) is 0 Å². The molecule has 2 aromatic rings. The summed E-state index contributed by atoms with van der Waals surface area (Å²) < 4.78 is 0. The number of aromatic amines is 1. The van der Waals surface area contributed by atoms with E-state index < -0.39 is 0 Å². The van der Waals surface area contributed by atoms with E-state index in [0.29, 0.717) is 13.1 Å². The monoisotopic (exact) mass is 320 g/mol. The van der Waals surface area contributed by atoms with Crippen molar-refractivity contribution in [3.05, 3.63) is 18.6 Å². The Morgan fingerprint density at radius 3 is 3.18 bits per heavy atom. The lowest BCUT2D eigenvalue weighted by atomic mass is 10.2. The van der Waals surface area contributed by atoms with Crippen molar-refractivity contribution >= 4 is 35.2 Å². The van der Waals surface area contributed by atoms with Crippen molar-refractivity contribution in [2.24, 2.45) is 0 Å². The molecule has 7 nitrogen and oxygen atoms in total. The van der Waals surface area contributed by atoms with E-state index in [4.69, 9.17) is 5.26 Å². The van der Waals surface area contributed by atoms with E-state index in [9.17, 15) is 4.79 Å². The summed E-state index contributed by atoms with van der Waals surface area (Å²) in [5.41, 5.74) is 0.808. The van der Waals surface area contributed by atoms with Gasteiger partial charge < -0.3 is 14.8 Å². The number of carbonyl (C=O) groups is 1. The van der Waals surface area contributed by atoms with Crippen LogP contribution in [0.5, 0.6) is 0 Å². The molecule has 1 saturated heterocycles. The highest BCUT2D eigenvalue weighted by Crippen LogP contribution is 2.25. The van der Waals surface area contributed by atoms with Gasteiger partial charge in [-0.2, -0.15) is 5.26 Å². The minimum atomic E-state index is -0.0946. The first kappa shape index (κ1) is 16.0. The lowest BCUT2D eigenvalue weighted by Gasteiger charge is -2.26. The van der Waals surface area contributed by atoms with Gasteiger partial charge in [-0.15, -0.1) is 12.4 Å². The Hall–Kier alpha value is -2.33. The van der Waals surface area contributed by atoms with E-state index in [1.54, 1.807) is 4.90 Å². The number of amides is 1. The highest BCUT2D eigenvalue weighted by Gasteiger charge is 2.29. The number of hydrogen-bond donors (Lipinski definition) is 1. The fourth-order valence-corrected chi connectivity index (χ4v) is 2.78. The van der Waals surface area contributed by atoms with Crippen LogP contribution in [-0.4, -0.2) is 51.9 Å². The van der Waals surface area contributed by atoms with Crippen LogP contribution in [0.3, 0.4) is 0 Å². The van der Waals surface area contributed by atoms with Crippen molar-refractivity contribution in [3.63, 3.8) is 0 Å². The number of halogens is 1. The average Bonchev–Trinajstić information content (AvgIpc) is 3.15. The molecular weight excluding hydrogens is 304 g/mol. The highest BCUT2D eigenvalue weighted by molar-refractivity contribution is 5.87.